The Balaban J connectivity index is 1.94. The number of rotatable bonds is 3. The maximum absolute atomic E-state index is 12.3. The second-order valence-corrected chi connectivity index (χ2v) is 5.57. The van der Waals surface area contributed by atoms with Crippen LogP contribution < -0.4 is 5.32 Å². The van der Waals surface area contributed by atoms with Crippen LogP contribution in [-0.2, 0) is 4.79 Å². The van der Waals surface area contributed by atoms with Crippen molar-refractivity contribution in [3.05, 3.63) is 0 Å². The third-order valence-electron chi connectivity index (χ3n) is 4.66. The van der Waals surface area contributed by atoms with Crippen molar-refractivity contribution in [2.45, 2.75) is 51.7 Å². The first kappa shape index (κ1) is 12.8. The van der Waals surface area contributed by atoms with E-state index in [0.29, 0.717) is 18.4 Å². The molecule has 4 nitrogen and oxygen atoms in total. The summed E-state index contributed by atoms with van der Waals surface area (Å²) in [6.07, 6.45) is 3.64. The zero-order valence-electron chi connectivity index (χ0n) is 10.9. The Kier molecular flexibility index (Phi) is 3.73. The fourth-order valence-electron chi connectivity index (χ4n) is 3.08. The number of nitrogens with one attached hydrogen (secondary N) is 1. The highest BCUT2D eigenvalue weighted by atomic mass is 16.3. The van der Waals surface area contributed by atoms with Gasteiger partial charge >= 0.3 is 0 Å². The number of amides is 1. The van der Waals surface area contributed by atoms with Crippen LogP contribution in [0, 0.1) is 5.41 Å². The molecule has 0 bridgehead atoms. The summed E-state index contributed by atoms with van der Waals surface area (Å²) in [5.41, 5.74) is 0.340. The molecule has 4 heteroatoms. The summed E-state index contributed by atoms with van der Waals surface area (Å²) in [6.45, 7) is 6.77. The summed E-state index contributed by atoms with van der Waals surface area (Å²) in [4.78, 5) is 14.3. The van der Waals surface area contributed by atoms with Crippen LogP contribution in [0.3, 0.4) is 0 Å². The highest BCUT2D eigenvalue weighted by molar-refractivity contribution is 5.82. The number of hydrogen-bond acceptors (Lipinski definition) is 3. The molecule has 0 aromatic heterocycles. The fraction of sp³-hybridized carbons (Fsp3) is 0.923. The Morgan fingerprint density at radius 3 is 2.65 bits per heavy atom. The predicted molar refractivity (Wildman–Crippen MR) is 66.6 cm³/mol. The quantitative estimate of drug-likeness (QED) is 0.765. The highest BCUT2D eigenvalue weighted by Crippen LogP contribution is 2.37. The van der Waals surface area contributed by atoms with Gasteiger partial charge in [0.25, 0.3) is 0 Å². The lowest BCUT2D eigenvalue weighted by molar-refractivity contribution is -0.132. The lowest BCUT2D eigenvalue weighted by Gasteiger charge is -2.27. The molecule has 2 heterocycles. The molecule has 2 rings (SSSR count). The average Bonchev–Trinajstić information content (AvgIpc) is 2.95. The molecule has 2 saturated heterocycles. The van der Waals surface area contributed by atoms with Crippen molar-refractivity contribution < 1.29 is 9.90 Å². The van der Waals surface area contributed by atoms with E-state index in [1.54, 1.807) is 0 Å². The van der Waals surface area contributed by atoms with Crippen LogP contribution in [0.15, 0.2) is 0 Å². The molecular formula is C13H24N2O2. The number of aliphatic hydroxyl groups excluding tert-OH is 1. The van der Waals surface area contributed by atoms with Gasteiger partial charge in [-0.3, -0.25) is 4.79 Å². The van der Waals surface area contributed by atoms with Crippen LogP contribution in [-0.4, -0.2) is 47.7 Å². The molecule has 17 heavy (non-hydrogen) atoms. The molecule has 2 unspecified atom stereocenters. The van der Waals surface area contributed by atoms with E-state index >= 15 is 0 Å². The molecule has 1 amide bonds. The van der Waals surface area contributed by atoms with Gasteiger partial charge in [-0.25, -0.2) is 0 Å². The minimum Gasteiger partial charge on any atom is -0.392 e. The topological polar surface area (TPSA) is 52.6 Å². The van der Waals surface area contributed by atoms with Crippen molar-refractivity contribution in [3.8, 4) is 0 Å². The number of β-amino-alcohol motifs (C(OH)–C–C–N with tert-alkyl or cyclic N) is 1. The summed E-state index contributed by atoms with van der Waals surface area (Å²) in [6, 6.07) is -0.158. The fourth-order valence-corrected chi connectivity index (χ4v) is 3.08. The van der Waals surface area contributed by atoms with Gasteiger partial charge in [0.2, 0.25) is 5.91 Å². The van der Waals surface area contributed by atoms with Crippen molar-refractivity contribution in [1.29, 1.82) is 0 Å². The summed E-state index contributed by atoms with van der Waals surface area (Å²) in [5.74, 6) is 0.185. The molecule has 0 aromatic carbocycles. The van der Waals surface area contributed by atoms with Crippen LogP contribution in [0.5, 0.6) is 0 Å². The molecular weight excluding hydrogens is 216 g/mol. The minimum atomic E-state index is -0.353. The van der Waals surface area contributed by atoms with Gasteiger partial charge in [0, 0.05) is 19.6 Å². The molecule has 0 saturated carbocycles. The maximum atomic E-state index is 12.3. The Morgan fingerprint density at radius 2 is 2.18 bits per heavy atom. The van der Waals surface area contributed by atoms with E-state index in [4.69, 9.17) is 0 Å². The van der Waals surface area contributed by atoms with Crippen LogP contribution in [0.1, 0.15) is 39.5 Å². The van der Waals surface area contributed by atoms with Gasteiger partial charge in [-0.2, -0.15) is 0 Å². The first-order valence-corrected chi connectivity index (χ1v) is 6.80. The van der Waals surface area contributed by atoms with E-state index < -0.39 is 0 Å². The lowest BCUT2D eigenvalue weighted by Crippen LogP contribution is -2.43. The van der Waals surface area contributed by atoms with Gasteiger partial charge in [-0.05, 0) is 31.1 Å². The second kappa shape index (κ2) is 4.94. The summed E-state index contributed by atoms with van der Waals surface area (Å²) < 4.78 is 0. The molecule has 2 fully saturated rings. The zero-order chi connectivity index (χ0) is 12.5. The van der Waals surface area contributed by atoms with Crippen LogP contribution >= 0.6 is 0 Å². The van der Waals surface area contributed by atoms with Gasteiger partial charge in [-0.1, -0.05) is 13.8 Å². The van der Waals surface area contributed by atoms with Crippen LogP contribution in [0.25, 0.3) is 0 Å². The molecule has 2 aliphatic rings. The van der Waals surface area contributed by atoms with Crippen molar-refractivity contribution in [2.24, 2.45) is 5.41 Å². The molecule has 0 aliphatic carbocycles. The van der Waals surface area contributed by atoms with Crippen LogP contribution in [0.4, 0.5) is 0 Å². The standard InChI is InChI=1S/C13H24N2O2/c1-3-13(4-2)5-6-15(9-13)12(17)11-7-10(16)8-14-11/h10-11,14,16H,3-9H2,1-2H3. The smallest absolute Gasteiger partial charge is 0.239 e. The van der Waals surface area contributed by atoms with E-state index in [1.807, 2.05) is 4.90 Å². The molecule has 0 aromatic rings. The van der Waals surface area contributed by atoms with Gasteiger partial charge in [-0.15, -0.1) is 0 Å². The zero-order valence-corrected chi connectivity index (χ0v) is 10.9. The molecule has 2 N–H and O–H groups in total. The SMILES string of the molecule is CCC1(CC)CCN(C(=O)C2CC(O)CN2)C1. The molecule has 0 spiro atoms. The van der Waals surface area contributed by atoms with Crippen molar-refractivity contribution in [2.75, 3.05) is 19.6 Å². The summed E-state index contributed by atoms with van der Waals surface area (Å²) in [5, 5.41) is 12.6. The lowest BCUT2D eigenvalue weighted by atomic mass is 9.82. The number of carbonyl (C=O) groups is 1. The van der Waals surface area contributed by atoms with E-state index in [9.17, 15) is 9.90 Å². The third kappa shape index (κ3) is 2.47. The predicted octanol–water partition coefficient (Wildman–Crippen LogP) is 0.748. The highest BCUT2D eigenvalue weighted by Gasteiger charge is 2.40. The largest absolute Gasteiger partial charge is 0.392 e. The monoisotopic (exact) mass is 240 g/mol. The second-order valence-electron chi connectivity index (χ2n) is 5.57. The first-order chi connectivity index (χ1) is 8.10. The Labute approximate surface area is 103 Å². The maximum Gasteiger partial charge on any atom is 0.239 e. The summed E-state index contributed by atoms with van der Waals surface area (Å²) >= 11 is 0. The summed E-state index contributed by atoms with van der Waals surface area (Å²) in [7, 11) is 0. The Morgan fingerprint density at radius 1 is 1.47 bits per heavy atom. The third-order valence-corrected chi connectivity index (χ3v) is 4.66. The molecule has 0 radical (unpaired) electrons. The van der Waals surface area contributed by atoms with Crippen molar-refractivity contribution in [3.63, 3.8) is 0 Å². The van der Waals surface area contributed by atoms with Gasteiger partial charge in [0.05, 0.1) is 12.1 Å². The van der Waals surface area contributed by atoms with Crippen molar-refractivity contribution >= 4 is 5.91 Å². The number of aliphatic hydroxyl groups is 1. The number of likely N-dealkylation sites (tertiary alicyclic amines) is 1. The van der Waals surface area contributed by atoms with E-state index in [-0.39, 0.29) is 18.1 Å². The first-order valence-electron chi connectivity index (χ1n) is 6.80. The average molecular weight is 240 g/mol. The van der Waals surface area contributed by atoms with Gasteiger partial charge in [0.15, 0.2) is 0 Å². The van der Waals surface area contributed by atoms with E-state index in [0.717, 1.165) is 32.4 Å². The van der Waals surface area contributed by atoms with Gasteiger partial charge < -0.3 is 15.3 Å². The molecule has 2 atom stereocenters. The molecule has 2 aliphatic heterocycles. The van der Waals surface area contributed by atoms with Crippen LogP contribution in [0.2, 0.25) is 0 Å². The minimum absolute atomic E-state index is 0.158. The van der Waals surface area contributed by atoms with Gasteiger partial charge in [0.1, 0.15) is 0 Å². The van der Waals surface area contributed by atoms with Crippen molar-refractivity contribution in [1.82, 2.24) is 10.2 Å². The number of hydrogen-bond donors (Lipinski definition) is 2. The van der Waals surface area contributed by atoms with E-state index in [2.05, 4.69) is 19.2 Å². The number of nitrogens with zero attached hydrogens (tertiary/aromatic N) is 1. The number of carbonyl (C=O) groups excluding carboxylic acids is 1. The Bertz CT molecular complexity index is 289. The Hall–Kier alpha value is -0.610. The van der Waals surface area contributed by atoms with E-state index in [1.165, 1.54) is 0 Å². The normalized spacial score (nSPS) is 32.1. The molecule has 98 valence electrons.